The van der Waals surface area contributed by atoms with Crippen LogP contribution in [0.2, 0.25) is 0 Å². The Labute approximate surface area is 223 Å². The Hall–Kier alpha value is -2.68. The van der Waals surface area contributed by atoms with Crippen LogP contribution in [0.15, 0.2) is 59.9 Å². The highest BCUT2D eigenvalue weighted by Crippen LogP contribution is 2.35. The second-order valence-corrected chi connectivity index (χ2v) is 11.0. The average Bonchev–Trinajstić information content (AvgIpc) is 2.93. The number of likely N-dealkylation sites (tertiary alicyclic amines) is 1. The Morgan fingerprint density at radius 1 is 1.16 bits per heavy atom. The third kappa shape index (κ3) is 7.90. The van der Waals surface area contributed by atoms with Crippen molar-refractivity contribution in [2.45, 2.75) is 49.5 Å². The van der Waals surface area contributed by atoms with Crippen LogP contribution >= 0.6 is 11.8 Å². The number of piperidine rings is 1. The number of aliphatic hydroxyl groups is 1. The Bertz CT molecular complexity index is 1150. The van der Waals surface area contributed by atoms with E-state index in [1.54, 1.807) is 13.3 Å². The van der Waals surface area contributed by atoms with Crippen molar-refractivity contribution < 1.29 is 19.7 Å². The number of hydrogen-bond acceptors (Lipinski definition) is 7. The van der Waals surface area contributed by atoms with Crippen LogP contribution in [0.3, 0.4) is 0 Å². The van der Waals surface area contributed by atoms with E-state index in [9.17, 15) is 15.0 Å². The summed E-state index contributed by atoms with van der Waals surface area (Å²) in [5.41, 5.74) is 1.71. The highest BCUT2D eigenvalue weighted by molar-refractivity contribution is 7.99. The van der Waals surface area contributed by atoms with Crippen LogP contribution in [-0.4, -0.2) is 63.5 Å². The number of thioether (sulfide) groups is 1. The minimum absolute atomic E-state index is 0.199. The van der Waals surface area contributed by atoms with E-state index in [0.717, 1.165) is 66.9 Å². The lowest BCUT2D eigenvalue weighted by Crippen LogP contribution is -2.41. The second kappa shape index (κ2) is 13.7. The molecule has 1 aromatic carbocycles. The number of aromatic nitrogens is 2. The minimum Gasteiger partial charge on any atom is -0.497 e. The summed E-state index contributed by atoms with van der Waals surface area (Å²) in [6.45, 7) is 2.99. The summed E-state index contributed by atoms with van der Waals surface area (Å²) < 4.78 is 5.37. The van der Waals surface area contributed by atoms with Crippen LogP contribution in [0.4, 0.5) is 0 Å². The van der Waals surface area contributed by atoms with Gasteiger partial charge in [0.25, 0.3) is 0 Å². The largest absolute Gasteiger partial charge is 0.497 e. The van der Waals surface area contributed by atoms with Gasteiger partial charge >= 0.3 is 5.97 Å². The maximum atomic E-state index is 11.3. The molecular formula is C29H37N3O4S. The quantitative estimate of drug-likeness (QED) is 0.226. The Kier molecular flexibility index (Phi) is 10.2. The van der Waals surface area contributed by atoms with Gasteiger partial charge in [0.15, 0.2) is 0 Å². The predicted octanol–water partition coefficient (Wildman–Crippen LogP) is 5.44. The van der Waals surface area contributed by atoms with Crippen molar-refractivity contribution in [1.29, 1.82) is 0 Å². The van der Waals surface area contributed by atoms with Gasteiger partial charge in [-0.05, 0) is 105 Å². The van der Waals surface area contributed by atoms with Gasteiger partial charge in [0.2, 0.25) is 0 Å². The molecule has 37 heavy (non-hydrogen) atoms. The first-order valence-electron chi connectivity index (χ1n) is 13.1. The molecule has 3 atom stereocenters. The van der Waals surface area contributed by atoms with E-state index >= 15 is 0 Å². The predicted molar refractivity (Wildman–Crippen MR) is 147 cm³/mol. The molecule has 1 aliphatic heterocycles. The number of aliphatic carboxylic acids is 1. The number of ether oxygens (including phenoxy) is 1. The number of pyridine rings is 2. The SMILES string of the molecule is COc1ccc2nccc([C@@H](O)CCC3CCN(CCCSc4ccncc4)CC3CCC(=O)O)c2c1. The number of benzene rings is 1. The van der Waals surface area contributed by atoms with E-state index in [-0.39, 0.29) is 6.42 Å². The molecule has 0 amide bonds. The topological polar surface area (TPSA) is 95.8 Å². The highest BCUT2D eigenvalue weighted by Gasteiger charge is 2.30. The number of rotatable bonds is 13. The molecule has 7 nitrogen and oxygen atoms in total. The lowest BCUT2D eigenvalue weighted by atomic mass is 9.79. The molecule has 2 N–H and O–H groups in total. The number of aliphatic hydroxyl groups excluding tert-OH is 1. The smallest absolute Gasteiger partial charge is 0.303 e. The molecule has 0 radical (unpaired) electrons. The Morgan fingerprint density at radius 3 is 2.78 bits per heavy atom. The molecule has 0 saturated carbocycles. The molecule has 0 spiro atoms. The molecular weight excluding hydrogens is 486 g/mol. The van der Waals surface area contributed by atoms with Crippen molar-refractivity contribution in [3.63, 3.8) is 0 Å². The number of methoxy groups -OCH3 is 1. The third-order valence-corrected chi connectivity index (χ3v) is 8.49. The third-order valence-electron chi connectivity index (χ3n) is 7.39. The molecule has 4 rings (SSSR count). The van der Waals surface area contributed by atoms with Crippen molar-refractivity contribution in [1.82, 2.24) is 14.9 Å². The molecule has 1 fully saturated rings. The number of carboxylic acids is 1. The molecule has 0 bridgehead atoms. The van der Waals surface area contributed by atoms with Gasteiger partial charge in [0, 0.05) is 41.8 Å². The summed E-state index contributed by atoms with van der Waals surface area (Å²) in [6, 6.07) is 11.7. The van der Waals surface area contributed by atoms with Crippen molar-refractivity contribution in [3.05, 3.63) is 60.6 Å². The van der Waals surface area contributed by atoms with Gasteiger partial charge in [-0.2, -0.15) is 0 Å². The summed E-state index contributed by atoms with van der Waals surface area (Å²) in [5.74, 6) is 1.81. The van der Waals surface area contributed by atoms with Crippen molar-refractivity contribution >= 4 is 28.6 Å². The average molecular weight is 524 g/mol. The minimum atomic E-state index is -0.734. The fraction of sp³-hybridized carbons (Fsp3) is 0.483. The van der Waals surface area contributed by atoms with Gasteiger partial charge in [-0.3, -0.25) is 14.8 Å². The molecule has 3 heterocycles. The fourth-order valence-electron chi connectivity index (χ4n) is 5.38. The van der Waals surface area contributed by atoms with Crippen molar-refractivity contribution in [2.75, 3.05) is 32.5 Å². The van der Waals surface area contributed by atoms with Crippen LogP contribution < -0.4 is 4.74 Å². The number of carboxylic acid groups (broad SMARTS) is 1. The molecule has 1 aliphatic rings. The standard InChI is InChI=1S/C29H37N3O4S/c1-36-23-5-6-27-26(19-23)25(11-15-31-27)28(33)7-3-21-12-17-32(20-22(21)4-8-29(34)35)16-2-18-37-24-9-13-30-14-10-24/h5-6,9-11,13-15,19,21-22,28,33H,2-4,7-8,12,16-18,20H2,1H3,(H,34,35)/t21?,22?,28-/m0/s1. The lowest BCUT2D eigenvalue weighted by molar-refractivity contribution is -0.137. The van der Waals surface area contributed by atoms with Gasteiger partial charge in [0.05, 0.1) is 18.7 Å². The summed E-state index contributed by atoms with van der Waals surface area (Å²) >= 11 is 1.85. The lowest BCUT2D eigenvalue weighted by Gasteiger charge is -2.39. The molecule has 2 unspecified atom stereocenters. The molecule has 0 aliphatic carbocycles. The number of fused-ring (bicyclic) bond motifs is 1. The first-order valence-corrected chi connectivity index (χ1v) is 14.1. The van der Waals surface area contributed by atoms with E-state index in [1.807, 2.05) is 60.6 Å². The summed E-state index contributed by atoms with van der Waals surface area (Å²) in [4.78, 5) is 23.6. The van der Waals surface area contributed by atoms with Crippen LogP contribution in [-0.2, 0) is 4.79 Å². The summed E-state index contributed by atoms with van der Waals surface area (Å²) in [5, 5.41) is 21.4. The maximum Gasteiger partial charge on any atom is 0.303 e. The normalized spacial score (nSPS) is 19.1. The number of hydrogen-bond donors (Lipinski definition) is 2. The van der Waals surface area contributed by atoms with E-state index < -0.39 is 12.1 Å². The van der Waals surface area contributed by atoms with Crippen LogP contribution in [0, 0.1) is 11.8 Å². The molecule has 3 aromatic rings. The zero-order valence-electron chi connectivity index (χ0n) is 21.5. The molecule has 198 valence electrons. The fourth-order valence-corrected chi connectivity index (χ4v) is 6.20. The van der Waals surface area contributed by atoms with E-state index in [0.29, 0.717) is 24.7 Å². The van der Waals surface area contributed by atoms with E-state index in [4.69, 9.17) is 4.74 Å². The zero-order chi connectivity index (χ0) is 26.0. The summed E-state index contributed by atoms with van der Waals surface area (Å²) in [6.07, 6.45) is 9.35. The van der Waals surface area contributed by atoms with E-state index in [2.05, 4.69) is 14.9 Å². The number of nitrogens with zero attached hydrogens (tertiary/aromatic N) is 3. The first kappa shape index (κ1) is 27.4. The number of carbonyl (C=O) groups is 1. The highest BCUT2D eigenvalue weighted by atomic mass is 32.2. The Morgan fingerprint density at radius 2 is 2.00 bits per heavy atom. The Balaban J connectivity index is 1.32. The van der Waals surface area contributed by atoms with Crippen molar-refractivity contribution in [2.24, 2.45) is 11.8 Å². The maximum absolute atomic E-state index is 11.3. The van der Waals surface area contributed by atoms with Gasteiger partial charge < -0.3 is 19.8 Å². The monoisotopic (exact) mass is 523 g/mol. The van der Waals surface area contributed by atoms with E-state index in [1.165, 1.54) is 4.90 Å². The van der Waals surface area contributed by atoms with Crippen LogP contribution in [0.25, 0.3) is 10.9 Å². The molecule has 2 aromatic heterocycles. The molecule has 8 heteroatoms. The van der Waals surface area contributed by atoms with Gasteiger partial charge in [-0.25, -0.2) is 0 Å². The van der Waals surface area contributed by atoms with Crippen LogP contribution in [0.5, 0.6) is 5.75 Å². The summed E-state index contributed by atoms with van der Waals surface area (Å²) in [7, 11) is 1.64. The second-order valence-electron chi connectivity index (χ2n) is 9.80. The van der Waals surface area contributed by atoms with Gasteiger partial charge in [-0.1, -0.05) is 0 Å². The first-order chi connectivity index (χ1) is 18.0. The zero-order valence-corrected chi connectivity index (χ0v) is 22.3. The van der Waals surface area contributed by atoms with Gasteiger partial charge in [0.1, 0.15) is 5.75 Å². The van der Waals surface area contributed by atoms with Gasteiger partial charge in [-0.15, -0.1) is 11.8 Å². The molecule has 1 saturated heterocycles. The van der Waals surface area contributed by atoms with Crippen molar-refractivity contribution in [3.8, 4) is 5.75 Å². The van der Waals surface area contributed by atoms with Crippen LogP contribution in [0.1, 0.15) is 50.2 Å².